The summed E-state index contributed by atoms with van der Waals surface area (Å²) in [6, 6.07) is 2.33. The van der Waals surface area contributed by atoms with E-state index in [0.717, 1.165) is 12.1 Å². The molecule has 0 bridgehead atoms. The van der Waals surface area contributed by atoms with E-state index in [1.54, 1.807) is 0 Å². The Morgan fingerprint density at radius 3 is 1.93 bits per heavy atom. The molecule has 0 heterocycles. The Hall–Kier alpha value is -0.530. The van der Waals surface area contributed by atoms with Gasteiger partial charge in [0.15, 0.2) is 0 Å². The van der Waals surface area contributed by atoms with E-state index in [0.29, 0.717) is 0 Å². The maximum atomic E-state index is 10.9. The maximum absolute atomic E-state index is 10.9. The van der Waals surface area contributed by atoms with Gasteiger partial charge in [0, 0.05) is 0 Å². The molecule has 0 radical (unpaired) electrons. The molecule has 0 saturated heterocycles. The number of hydrazine groups is 1. The lowest BCUT2D eigenvalue weighted by Gasteiger charge is -2.07. The number of benzene rings is 1. The molecule has 5 N–H and O–H groups in total. The number of halogens is 2. The summed E-state index contributed by atoms with van der Waals surface area (Å²) in [6.07, 6.45) is 0. The lowest BCUT2D eigenvalue weighted by Crippen LogP contribution is -2.13. The minimum atomic E-state index is -3.81. The van der Waals surface area contributed by atoms with E-state index in [1.807, 2.05) is 0 Å². The number of nitrogen functional groups attached to an aromatic ring is 1. The van der Waals surface area contributed by atoms with Gasteiger partial charge in [-0.2, -0.15) is 0 Å². The molecule has 8 heteroatoms. The van der Waals surface area contributed by atoms with Crippen LogP contribution < -0.4 is 16.4 Å². The number of nitrogens with two attached hydrogens (primary N) is 2. The number of sulfonamides is 1. The first-order valence-corrected chi connectivity index (χ1v) is 5.65. The van der Waals surface area contributed by atoms with E-state index >= 15 is 0 Å². The van der Waals surface area contributed by atoms with Crippen molar-refractivity contribution < 1.29 is 8.42 Å². The van der Waals surface area contributed by atoms with Crippen LogP contribution in [0.1, 0.15) is 0 Å². The normalized spacial score (nSPS) is 11.4. The molecule has 0 aromatic heterocycles. The second kappa shape index (κ2) is 3.92. The lowest BCUT2D eigenvalue weighted by molar-refractivity contribution is 0.598. The van der Waals surface area contributed by atoms with Gasteiger partial charge >= 0.3 is 0 Å². The van der Waals surface area contributed by atoms with Crippen LogP contribution in [0.15, 0.2) is 17.0 Å². The average molecular weight is 256 g/mol. The lowest BCUT2D eigenvalue weighted by atomic mass is 10.3. The first-order valence-electron chi connectivity index (χ1n) is 3.34. The number of hydrogen-bond donors (Lipinski definition) is 3. The second-order valence-electron chi connectivity index (χ2n) is 2.45. The fourth-order valence-electron chi connectivity index (χ4n) is 0.852. The molecule has 0 saturated carbocycles. The van der Waals surface area contributed by atoms with E-state index in [1.165, 1.54) is 0 Å². The van der Waals surface area contributed by atoms with Gasteiger partial charge in [0.2, 0.25) is 10.0 Å². The first kappa shape index (κ1) is 11.5. The molecule has 0 spiro atoms. The maximum Gasteiger partial charge on any atom is 0.238 e. The van der Waals surface area contributed by atoms with Crippen LogP contribution in [0, 0.1) is 0 Å². The molecule has 1 aromatic rings. The second-order valence-corrected chi connectivity index (χ2v) is 4.83. The molecule has 14 heavy (non-hydrogen) atoms. The molecule has 0 aliphatic carbocycles. The summed E-state index contributed by atoms with van der Waals surface area (Å²) >= 11 is 11.4. The summed E-state index contributed by atoms with van der Waals surface area (Å²) in [7, 11) is -3.81. The van der Waals surface area contributed by atoms with Crippen LogP contribution in [0.25, 0.3) is 0 Å². The summed E-state index contributed by atoms with van der Waals surface area (Å²) < 4.78 is 21.9. The SMILES string of the molecule is NNc1c(Cl)cc(S(N)(=O)=O)cc1Cl. The molecule has 0 aliphatic heterocycles. The van der Waals surface area contributed by atoms with E-state index in [4.69, 9.17) is 34.2 Å². The van der Waals surface area contributed by atoms with Crippen molar-refractivity contribution in [1.82, 2.24) is 0 Å². The molecule has 0 atom stereocenters. The zero-order valence-electron chi connectivity index (χ0n) is 6.79. The van der Waals surface area contributed by atoms with Gasteiger partial charge in [-0.25, -0.2) is 13.6 Å². The van der Waals surface area contributed by atoms with Crippen molar-refractivity contribution in [2.45, 2.75) is 4.90 Å². The Morgan fingerprint density at radius 2 is 1.64 bits per heavy atom. The van der Waals surface area contributed by atoms with E-state index in [9.17, 15) is 8.42 Å². The van der Waals surface area contributed by atoms with Gasteiger partial charge in [0.25, 0.3) is 0 Å². The molecular formula is C6H7Cl2N3O2S. The van der Waals surface area contributed by atoms with E-state index < -0.39 is 10.0 Å². The highest BCUT2D eigenvalue weighted by Crippen LogP contribution is 2.32. The summed E-state index contributed by atoms with van der Waals surface area (Å²) in [5, 5.41) is 5.06. The molecule has 1 aromatic carbocycles. The molecule has 0 amide bonds. The summed E-state index contributed by atoms with van der Waals surface area (Å²) in [6.45, 7) is 0. The Morgan fingerprint density at radius 1 is 1.21 bits per heavy atom. The fourth-order valence-corrected chi connectivity index (χ4v) is 2.14. The van der Waals surface area contributed by atoms with Crippen molar-refractivity contribution in [3.05, 3.63) is 22.2 Å². The van der Waals surface area contributed by atoms with Gasteiger partial charge in [-0.05, 0) is 12.1 Å². The number of nitrogens with one attached hydrogen (secondary N) is 1. The molecule has 1 rings (SSSR count). The standard InChI is InChI=1S/C6H7Cl2N3O2S/c7-4-1-3(14(10,12)13)2-5(8)6(4)11-9/h1-2,11H,9H2,(H2,10,12,13). The third-order valence-corrected chi connectivity index (χ3v) is 2.98. The van der Waals surface area contributed by atoms with Crippen LogP contribution in [0.5, 0.6) is 0 Å². The monoisotopic (exact) mass is 255 g/mol. The molecular weight excluding hydrogens is 249 g/mol. The highest BCUT2D eigenvalue weighted by Gasteiger charge is 2.13. The van der Waals surface area contributed by atoms with Gasteiger partial charge in [0.05, 0.1) is 20.6 Å². The predicted molar refractivity (Wildman–Crippen MR) is 55.6 cm³/mol. The zero-order valence-corrected chi connectivity index (χ0v) is 9.12. The quantitative estimate of drug-likeness (QED) is 0.541. The summed E-state index contributed by atoms with van der Waals surface area (Å²) in [5.41, 5.74) is 2.49. The summed E-state index contributed by atoms with van der Waals surface area (Å²) in [5.74, 6) is 5.11. The topological polar surface area (TPSA) is 98.2 Å². The highest BCUT2D eigenvalue weighted by molar-refractivity contribution is 7.89. The molecule has 0 unspecified atom stereocenters. The van der Waals surface area contributed by atoms with Gasteiger partial charge in [-0.15, -0.1) is 0 Å². The van der Waals surface area contributed by atoms with Crippen molar-refractivity contribution in [3.8, 4) is 0 Å². The van der Waals surface area contributed by atoms with E-state index in [2.05, 4.69) is 5.43 Å². The van der Waals surface area contributed by atoms with Crippen LogP contribution in [0.2, 0.25) is 10.0 Å². The molecule has 78 valence electrons. The van der Waals surface area contributed by atoms with Crippen molar-refractivity contribution in [1.29, 1.82) is 0 Å². The minimum absolute atomic E-state index is 0.0871. The third-order valence-electron chi connectivity index (χ3n) is 1.49. The number of rotatable bonds is 2. The third kappa shape index (κ3) is 2.28. The largest absolute Gasteiger partial charge is 0.321 e. The van der Waals surface area contributed by atoms with Crippen LogP contribution in [-0.2, 0) is 10.0 Å². The Labute approximate surface area is 91.0 Å². The first-order chi connectivity index (χ1) is 6.36. The number of hydrogen-bond acceptors (Lipinski definition) is 4. The van der Waals surface area contributed by atoms with Crippen molar-refractivity contribution in [3.63, 3.8) is 0 Å². The van der Waals surface area contributed by atoms with Crippen molar-refractivity contribution in [2.24, 2.45) is 11.0 Å². The van der Waals surface area contributed by atoms with Crippen molar-refractivity contribution in [2.75, 3.05) is 5.43 Å². The predicted octanol–water partition coefficient (Wildman–Crippen LogP) is 0.926. The highest BCUT2D eigenvalue weighted by atomic mass is 35.5. The molecule has 0 aliphatic rings. The van der Waals surface area contributed by atoms with Crippen LogP contribution in [-0.4, -0.2) is 8.42 Å². The minimum Gasteiger partial charge on any atom is -0.321 e. The average Bonchev–Trinajstić information content (AvgIpc) is 2.01. The fraction of sp³-hybridized carbons (Fsp3) is 0. The smallest absolute Gasteiger partial charge is 0.238 e. The summed E-state index contributed by atoms with van der Waals surface area (Å²) in [4.78, 5) is -0.161. The Balaban J connectivity index is 3.43. The number of anilines is 1. The molecule has 5 nitrogen and oxygen atoms in total. The van der Waals surface area contributed by atoms with Gasteiger partial charge in [0.1, 0.15) is 0 Å². The zero-order chi connectivity index (χ0) is 10.9. The van der Waals surface area contributed by atoms with Crippen LogP contribution >= 0.6 is 23.2 Å². The number of primary sulfonamides is 1. The van der Waals surface area contributed by atoms with Crippen LogP contribution in [0.3, 0.4) is 0 Å². The van der Waals surface area contributed by atoms with Crippen LogP contribution in [0.4, 0.5) is 5.69 Å². The van der Waals surface area contributed by atoms with Gasteiger partial charge in [-0.3, -0.25) is 5.84 Å². The molecule has 0 fully saturated rings. The van der Waals surface area contributed by atoms with Gasteiger partial charge < -0.3 is 5.43 Å². The van der Waals surface area contributed by atoms with Crippen molar-refractivity contribution >= 4 is 38.9 Å². The Bertz CT molecular complexity index is 437. The van der Waals surface area contributed by atoms with Gasteiger partial charge in [-0.1, -0.05) is 23.2 Å². The van der Waals surface area contributed by atoms with E-state index in [-0.39, 0.29) is 20.6 Å². The Kier molecular flexibility index (Phi) is 3.23.